The number of sulfonamides is 1. The van der Waals surface area contributed by atoms with E-state index < -0.39 is 28.0 Å². The number of hydrogen-bond acceptors (Lipinski definition) is 6. The molecule has 0 fully saturated rings. The van der Waals surface area contributed by atoms with Crippen molar-refractivity contribution in [2.75, 3.05) is 5.32 Å². The average molecular weight is 352 g/mol. The Kier molecular flexibility index (Phi) is 5.05. The lowest BCUT2D eigenvalue weighted by atomic mass is 10.3. The largest absolute Gasteiger partial charge is 0.454 e. The molecule has 1 heterocycles. The smallest absolute Gasteiger partial charge is 0.375 e. The maximum Gasteiger partial charge on any atom is 0.375 e. The van der Waals surface area contributed by atoms with Crippen molar-refractivity contribution >= 4 is 27.6 Å². The molecule has 3 N–H and O–H groups in total. The Morgan fingerprint density at radius 2 is 1.96 bits per heavy atom. The van der Waals surface area contributed by atoms with Crippen LogP contribution < -0.4 is 10.5 Å². The van der Waals surface area contributed by atoms with Gasteiger partial charge in [-0.1, -0.05) is 6.07 Å². The van der Waals surface area contributed by atoms with Gasteiger partial charge in [-0.3, -0.25) is 4.79 Å². The normalized spacial score (nSPS) is 12.5. The molecule has 2 aromatic rings. The zero-order chi connectivity index (χ0) is 17.9. The summed E-state index contributed by atoms with van der Waals surface area (Å²) in [6, 6.07) is 8.46. The molecule has 24 heavy (non-hydrogen) atoms. The minimum Gasteiger partial charge on any atom is -0.454 e. The molecule has 2 rings (SSSR count). The first-order chi connectivity index (χ1) is 11.2. The van der Waals surface area contributed by atoms with Crippen LogP contribution in [0.5, 0.6) is 0 Å². The van der Waals surface area contributed by atoms with E-state index in [-0.39, 0.29) is 16.3 Å². The standard InChI is InChI=1S/C15H16N2O6S/c1-9-6-7-13(22-9)15(19)23-10(2)14(18)17-11-4-3-5-12(8-11)24(16,20)21/h3-8,10H,1-2H3,(H,17,18)(H2,16,20,21). The third-order valence-corrected chi connectivity index (χ3v) is 3.94. The number of benzene rings is 1. The fourth-order valence-electron chi connectivity index (χ4n) is 1.81. The number of primary sulfonamides is 1. The number of furan rings is 1. The zero-order valence-electron chi connectivity index (χ0n) is 13.0. The quantitative estimate of drug-likeness (QED) is 0.783. The number of rotatable bonds is 5. The molecular weight excluding hydrogens is 336 g/mol. The molecule has 1 atom stereocenters. The Bertz CT molecular complexity index is 872. The van der Waals surface area contributed by atoms with E-state index in [0.717, 1.165) is 0 Å². The number of nitrogens with one attached hydrogen (secondary N) is 1. The summed E-state index contributed by atoms with van der Waals surface area (Å²) in [5.74, 6) is -0.871. The molecule has 0 bridgehead atoms. The van der Waals surface area contributed by atoms with Gasteiger partial charge in [0.1, 0.15) is 5.76 Å². The summed E-state index contributed by atoms with van der Waals surface area (Å²) in [5, 5.41) is 7.48. The molecule has 1 aromatic carbocycles. The highest BCUT2D eigenvalue weighted by atomic mass is 32.2. The lowest BCUT2D eigenvalue weighted by Crippen LogP contribution is -2.30. The molecule has 0 aliphatic carbocycles. The highest BCUT2D eigenvalue weighted by Gasteiger charge is 2.21. The zero-order valence-corrected chi connectivity index (χ0v) is 13.8. The third kappa shape index (κ3) is 4.43. The van der Waals surface area contributed by atoms with E-state index in [9.17, 15) is 18.0 Å². The predicted octanol–water partition coefficient (Wildman–Crippen LogP) is 1.42. The number of carbonyl (C=O) groups excluding carboxylic acids is 2. The van der Waals surface area contributed by atoms with E-state index in [1.54, 1.807) is 13.0 Å². The summed E-state index contributed by atoms with van der Waals surface area (Å²) >= 11 is 0. The number of hydrogen-bond donors (Lipinski definition) is 2. The van der Waals surface area contributed by atoms with Gasteiger partial charge < -0.3 is 14.5 Å². The number of nitrogens with two attached hydrogens (primary N) is 1. The van der Waals surface area contributed by atoms with Crippen LogP contribution >= 0.6 is 0 Å². The molecule has 0 saturated carbocycles. The molecule has 0 spiro atoms. The molecule has 128 valence electrons. The van der Waals surface area contributed by atoms with Crippen LogP contribution in [0.4, 0.5) is 5.69 Å². The molecular formula is C15H16N2O6S. The summed E-state index contributed by atoms with van der Waals surface area (Å²) in [6.07, 6.45) is -1.11. The Balaban J connectivity index is 2.03. The summed E-state index contributed by atoms with van der Waals surface area (Å²) in [5.41, 5.74) is 0.211. The first-order valence-electron chi connectivity index (χ1n) is 6.88. The van der Waals surface area contributed by atoms with E-state index in [1.165, 1.54) is 37.3 Å². The van der Waals surface area contributed by atoms with Crippen molar-refractivity contribution in [2.24, 2.45) is 5.14 Å². The summed E-state index contributed by atoms with van der Waals surface area (Å²) in [4.78, 5) is 23.7. The van der Waals surface area contributed by atoms with E-state index in [1.807, 2.05) is 0 Å². The molecule has 0 aliphatic heterocycles. The summed E-state index contributed by atoms with van der Waals surface area (Å²) < 4.78 is 32.7. The van der Waals surface area contributed by atoms with Crippen molar-refractivity contribution in [1.29, 1.82) is 0 Å². The van der Waals surface area contributed by atoms with E-state index in [0.29, 0.717) is 5.76 Å². The predicted molar refractivity (Wildman–Crippen MR) is 84.8 cm³/mol. The summed E-state index contributed by atoms with van der Waals surface area (Å²) in [7, 11) is -3.88. The Labute approximate surface area is 138 Å². The minimum atomic E-state index is -3.88. The molecule has 0 aliphatic rings. The highest BCUT2D eigenvalue weighted by molar-refractivity contribution is 7.89. The van der Waals surface area contributed by atoms with E-state index >= 15 is 0 Å². The third-order valence-electron chi connectivity index (χ3n) is 3.02. The first kappa shape index (κ1) is 17.7. The van der Waals surface area contributed by atoms with Crippen molar-refractivity contribution in [3.8, 4) is 0 Å². The first-order valence-corrected chi connectivity index (χ1v) is 8.42. The van der Waals surface area contributed by atoms with E-state index in [4.69, 9.17) is 14.3 Å². The fraction of sp³-hybridized carbons (Fsp3) is 0.200. The Hall–Kier alpha value is -2.65. The van der Waals surface area contributed by atoms with Crippen molar-refractivity contribution in [2.45, 2.75) is 24.8 Å². The topological polar surface area (TPSA) is 129 Å². The second-order valence-electron chi connectivity index (χ2n) is 5.02. The van der Waals surface area contributed by atoms with Gasteiger partial charge in [-0.05, 0) is 44.2 Å². The van der Waals surface area contributed by atoms with Crippen LogP contribution in [0.2, 0.25) is 0 Å². The van der Waals surface area contributed by atoms with Crippen molar-refractivity contribution < 1.29 is 27.2 Å². The Morgan fingerprint density at radius 3 is 2.54 bits per heavy atom. The number of carbonyl (C=O) groups is 2. The van der Waals surface area contributed by atoms with Gasteiger partial charge in [0.25, 0.3) is 5.91 Å². The van der Waals surface area contributed by atoms with Crippen molar-refractivity contribution in [3.63, 3.8) is 0 Å². The molecule has 0 radical (unpaired) electrons. The minimum absolute atomic E-state index is 0.0108. The number of anilines is 1. The van der Waals surface area contributed by atoms with Gasteiger partial charge in [0, 0.05) is 5.69 Å². The van der Waals surface area contributed by atoms with Crippen LogP contribution in [0.15, 0.2) is 45.7 Å². The van der Waals surface area contributed by atoms with Crippen molar-refractivity contribution in [3.05, 3.63) is 47.9 Å². The van der Waals surface area contributed by atoms with Gasteiger partial charge in [0.2, 0.25) is 15.8 Å². The van der Waals surface area contributed by atoms with Crippen molar-refractivity contribution in [1.82, 2.24) is 0 Å². The monoisotopic (exact) mass is 352 g/mol. The number of ether oxygens (including phenoxy) is 1. The lowest BCUT2D eigenvalue weighted by Gasteiger charge is -2.13. The van der Waals surface area contributed by atoms with Crippen LogP contribution in [-0.4, -0.2) is 26.4 Å². The molecule has 1 unspecified atom stereocenters. The molecule has 9 heteroatoms. The Morgan fingerprint density at radius 1 is 1.25 bits per heavy atom. The summed E-state index contributed by atoms with van der Waals surface area (Å²) in [6.45, 7) is 3.05. The number of aryl methyl sites for hydroxylation is 1. The molecule has 0 saturated heterocycles. The van der Waals surface area contributed by atoms with Crippen LogP contribution in [-0.2, 0) is 19.6 Å². The van der Waals surface area contributed by atoms with Crippen LogP contribution in [0, 0.1) is 6.92 Å². The van der Waals surface area contributed by atoms with Crippen LogP contribution in [0.25, 0.3) is 0 Å². The molecule has 1 aromatic heterocycles. The van der Waals surface area contributed by atoms with Gasteiger partial charge in [0.05, 0.1) is 4.90 Å². The molecule has 8 nitrogen and oxygen atoms in total. The molecule has 1 amide bonds. The van der Waals surface area contributed by atoms with E-state index in [2.05, 4.69) is 5.32 Å². The second kappa shape index (κ2) is 6.85. The second-order valence-corrected chi connectivity index (χ2v) is 6.58. The SMILES string of the molecule is Cc1ccc(C(=O)OC(C)C(=O)Nc2cccc(S(N)(=O)=O)c2)o1. The van der Waals surface area contributed by atoms with Gasteiger partial charge in [-0.2, -0.15) is 0 Å². The number of amides is 1. The lowest BCUT2D eigenvalue weighted by molar-refractivity contribution is -0.123. The van der Waals surface area contributed by atoms with Gasteiger partial charge in [-0.15, -0.1) is 0 Å². The maximum absolute atomic E-state index is 12.0. The fourth-order valence-corrected chi connectivity index (χ4v) is 2.37. The van der Waals surface area contributed by atoms with Crippen LogP contribution in [0.3, 0.4) is 0 Å². The van der Waals surface area contributed by atoms with Gasteiger partial charge in [0.15, 0.2) is 6.10 Å². The highest BCUT2D eigenvalue weighted by Crippen LogP contribution is 2.15. The number of esters is 1. The van der Waals surface area contributed by atoms with Crippen LogP contribution in [0.1, 0.15) is 23.2 Å². The van der Waals surface area contributed by atoms with Gasteiger partial charge >= 0.3 is 5.97 Å². The van der Waals surface area contributed by atoms with Gasteiger partial charge in [-0.25, -0.2) is 18.4 Å². The maximum atomic E-state index is 12.0. The average Bonchev–Trinajstić information content (AvgIpc) is 2.93.